The van der Waals surface area contributed by atoms with Gasteiger partial charge in [-0.1, -0.05) is 6.07 Å². The number of hydrogen-bond acceptors (Lipinski definition) is 4. The molecule has 0 bridgehead atoms. The zero-order valence-corrected chi connectivity index (χ0v) is 11.3. The number of nitrogens with one attached hydrogen (secondary N) is 2. The second-order valence-electron chi connectivity index (χ2n) is 4.91. The van der Waals surface area contributed by atoms with E-state index in [0.717, 1.165) is 0 Å². The summed E-state index contributed by atoms with van der Waals surface area (Å²) >= 11 is 0. The molecule has 1 fully saturated rings. The molecule has 0 aliphatic carbocycles. The molecule has 1 aliphatic rings. The number of carbonyl (C=O) groups excluding carboxylic acids is 1. The molecule has 9 heteroatoms. The van der Waals surface area contributed by atoms with Crippen LogP contribution in [0, 0.1) is 5.82 Å². The van der Waals surface area contributed by atoms with Gasteiger partial charge in [0.25, 0.3) is 11.8 Å². The minimum atomic E-state index is -3.01. The summed E-state index contributed by atoms with van der Waals surface area (Å²) in [5.41, 5.74) is 0.374. The van der Waals surface area contributed by atoms with Crippen molar-refractivity contribution in [3.05, 3.63) is 42.2 Å². The van der Waals surface area contributed by atoms with Crippen LogP contribution in [0.1, 0.15) is 10.6 Å². The number of aromatic nitrogens is 3. The van der Waals surface area contributed by atoms with Crippen molar-refractivity contribution in [2.45, 2.75) is 12.0 Å². The Kier molecular flexibility index (Phi) is 3.57. The fourth-order valence-corrected chi connectivity index (χ4v) is 2.15. The molecule has 22 heavy (non-hydrogen) atoms. The van der Waals surface area contributed by atoms with E-state index in [9.17, 15) is 18.0 Å². The Bertz CT molecular complexity index is 702. The van der Waals surface area contributed by atoms with Crippen LogP contribution in [0.4, 0.5) is 13.2 Å². The van der Waals surface area contributed by atoms with E-state index in [1.54, 1.807) is 6.07 Å². The zero-order valence-electron chi connectivity index (χ0n) is 11.3. The zero-order chi connectivity index (χ0) is 15.7. The van der Waals surface area contributed by atoms with E-state index in [0.29, 0.717) is 5.69 Å². The van der Waals surface area contributed by atoms with Gasteiger partial charge in [0.2, 0.25) is 5.82 Å². The van der Waals surface area contributed by atoms with E-state index < -0.39 is 30.2 Å². The molecule has 0 spiro atoms. The Morgan fingerprint density at radius 1 is 1.45 bits per heavy atom. The molecule has 2 N–H and O–H groups in total. The van der Waals surface area contributed by atoms with Gasteiger partial charge in [-0.15, -0.1) is 5.10 Å². The van der Waals surface area contributed by atoms with Gasteiger partial charge in [-0.25, -0.2) is 22.8 Å². The van der Waals surface area contributed by atoms with Crippen LogP contribution in [0.3, 0.4) is 0 Å². The van der Waals surface area contributed by atoms with Gasteiger partial charge in [0, 0.05) is 6.54 Å². The lowest BCUT2D eigenvalue weighted by Gasteiger charge is -2.18. The Hall–Kier alpha value is -2.42. The molecule has 1 aromatic heterocycles. The molecular weight excluding hydrogens is 299 g/mol. The predicted octanol–water partition coefficient (Wildman–Crippen LogP) is 0.743. The van der Waals surface area contributed by atoms with Gasteiger partial charge < -0.3 is 10.6 Å². The van der Waals surface area contributed by atoms with Gasteiger partial charge in [0.1, 0.15) is 18.2 Å². The maximum Gasteiger partial charge on any atom is 0.291 e. The first kappa shape index (κ1) is 14.5. The predicted molar refractivity (Wildman–Crippen MR) is 70.4 cm³/mol. The normalized spacial score (nSPS) is 20.0. The molecule has 1 amide bonds. The number of amides is 1. The van der Waals surface area contributed by atoms with Crippen molar-refractivity contribution in [1.82, 2.24) is 25.4 Å². The Morgan fingerprint density at radius 3 is 2.95 bits per heavy atom. The highest BCUT2D eigenvalue weighted by Crippen LogP contribution is 2.21. The van der Waals surface area contributed by atoms with Crippen LogP contribution in [0.15, 0.2) is 30.6 Å². The molecule has 2 aromatic rings. The molecular formula is C13H12F3N5O. The molecule has 1 aromatic carbocycles. The second-order valence-corrected chi connectivity index (χ2v) is 4.91. The minimum absolute atomic E-state index is 0.0245. The van der Waals surface area contributed by atoms with Crippen LogP contribution in [0.5, 0.6) is 0 Å². The van der Waals surface area contributed by atoms with Crippen molar-refractivity contribution >= 4 is 5.91 Å². The summed E-state index contributed by atoms with van der Waals surface area (Å²) in [7, 11) is 0. The maximum atomic E-state index is 13.4. The van der Waals surface area contributed by atoms with E-state index in [-0.39, 0.29) is 12.4 Å². The lowest BCUT2D eigenvalue weighted by molar-refractivity contribution is -0.00258. The van der Waals surface area contributed by atoms with Crippen LogP contribution in [-0.4, -0.2) is 45.7 Å². The number of benzene rings is 1. The Morgan fingerprint density at radius 2 is 2.27 bits per heavy atom. The quantitative estimate of drug-likeness (QED) is 0.877. The summed E-state index contributed by atoms with van der Waals surface area (Å²) in [6.45, 7) is -0.507. The lowest BCUT2D eigenvalue weighted by atomic mass is 10.2. The molecule has 116 valence electrons. The standard InChI is InChI=1S/C13H12F3N5O/c14-8-2-1-3-9(4-8)21-7-18-11(20-21)12(22)19-10-5-17-6-13(10,15)16/h1-4,7,10,17H,5-6H2,(H,19,22). The Labute approximate surface area is 123 Å². The molecule has 3 rings (SSSR count). The minimum Gasteiger partial charge on any atom is -0.339 e. The highest BCUT2D eigenvalue weighted by molar-refractivity contribution is 5.90. The van der Waals surface area contributed by atoms with E-state index in [1.807, 2.05) is 0 Å². The number of halogens is 3. The van der Waals surface area contributed by atoms with Gasteiger partial charge in [-0.3, -0.25) is 4.79 Å². The summed E-state index contributed by atoms with van der Waals surface area (Å²) < 4.78 is 41.2. The van der Waals surface area contributed by atoms with Crippen molar-refractivity contribution in [2.24, 2.45) is 0 Å². The van der Waals surface area contributed by atoms with Crippen LogP contribution in [-0.2, 0) is 0 Å². The third-order valence-electron chi connectivity index (χ3n) is 3.29. The van der Waals surface area contributed by atoms with Crippen molar-refractivity contribution in [1.29, 1.82) is 0 Å². The largest absolute Gasteiger partial charge is 0.339 e. The maximum absolute atomic E-state index is 13.4. The molecule has 2 heterocycles. The molecule has 1 unspecified atom stereocenters. The smallest absolute Gasteiger partial charge is 0.291 e. The average molecular weight is 311 g/mol. The van der Waals surface area contributed by atoms with Crippen LogP contribution in [0.2, 0.25) is 0 Å². The Balaban J connectivity index is 1.75. The summed E-state index contributed by atoms with van der Waals surface area (Å²) in [6, 6.07) is 4.24. The highest BCUT2D eigenvalue weighted by Gasteiger charge is 2.45. The first-order valence-electron chi connectivity index (χ1n) is 6.53. The van der Waals surface area contributed by atoms with E-state index in [1.165, 1.54) is 29.2 Å². The average Bonchev–Trinajstić information content (AvgIpc) is 3.06. The van der Waals surface area contributed by atoms with E-state index >= 15 is 0 Å². The van der Waals surface area contributed by atoms with E-state index in [2.05, 4.69) is 20.7 Å². The first-order chi connectivity index (χ1) is 10.5. The SMILES string of the molecule is O=C(NC1CNCC1(F)F)c1ncn(-c2cccc(F)c2)n1. The third-order valence-corrected chi connectivity index (χ3v) is 3.29. The van der Waals surface area contributed by atoms with Crippen molar-refractivity contribution in [2.75, 3.05) is 13.1 Å². The van der Waals surface area contributed by atoms with Crippen LogP contribution < -0.4 is 10.6 Å². The molecule has 1 saturated heterocycles. The summed E-state index contributed by atoms with van der Waals surface area (Å²) in [4.78, 5) is 15.7. The number of nitrogens with zero attached hydrogens (tertiary/aromatic N) is 3. The van der Waals surface area contributed by atoms with Crippen LogP contribution in [0.25, 0.3) is 5.69 Å². The fourth-order valence-electron chi connectivity index (χ4n) is 2.15. The monoisotopic (exact) mass is 311 g/mol. The molecule has 0 radical (unpaired) electrons. The number of carbonyl (C=O) groups is 1. The fraction of sp³-hybridized carbons (Fsp3) is 0.308. The molecule has 0 saturated carbocycles. The third kappa shape index (κ3) is 2.80. The second kappa shape index (κ2) is 5.41. The number of hydrogen-bond donors (Lipinski definition) is 2. The van der Waals surface area contributed by atoms with E-state index in [4.69, 9.17) is 0 Å². The first-order valence-corrected chi connectivity index (χ1v) is 6.53. The topological polar surface area (TPSA) is 71.8 Å². The number of rotatable bonds is 3. The highest BCUT2D eigenvalue weighted by atomic mass is 19.3. The van der Waals surface area contributed by atoms with Crippen LogP contribution >= 0.6 is 0 Å². The summed E-state index contributed by atoms with van der Waals surface area (Å²) in [5, 5.41) is 8.57. The van der Waals surface area contributed by atoms with Gasteiger partial charge in [0.15, 0.2) is 0 Å². The van der Waals surface area contributed by atoms with Gasteiger partial charge in [-0.05, 0) is 18.2 Å². The van der Waals surface area contributed by atoms with Gasteiger partial charge >= 0.3 is 0 Å². The molecule has 1 aliphatic heterocycles. The lowest BCUT2D eigenvalue weighted by Crippen LogP contribution is -2.47. The van der Waals surface area contributed by atoms with Crippen molar-refractivity contribution in [3.63, 3.8) is 0 Å². The van der Waals surface area contributed by atoms with Gasteiger partial charge in [-0.2, -0.15) is 0 Å². The number of alkyl halides is 2. The summed E-state index contributed by atoms with van der Waals surface area (Å²) in [6.07, 6.45) is 1.22. The van der Waals surface area contributed by atoms with Crippen molar-refractivity contribution < 1.29 is 18.0 Å². The van der Waals surface area contributed by atoms with Gasteiger partial charge in [0.05, 0.1) is 12.2 Å². The molecule has 1 atom stereocenters. The van der Waals surface area contributed by atoms with Crippen molar-refractivity contribution in [3.8, 4) is 5.69 Å². The summed E-state index contributed by atoms with van der Waals surface area (Å²) in [5.74, 6) is -4.54. The molecule has 6 nitrogen and oxygen atoms in total.